The van der Waals surface area contributed by atoms with Crippen LogP contribution in [0.1, 0.15) is 34.8 Å². The number of rotatable bonds is 7. The lowest BCUT2D eigenvalue weighted by Gasteiger charge is -2.10. The minimum Gasteiger partial charge on any atom is -0.383 e. The van der Waals surface area contributed by atoms with Gasteiger partial charge in [-0.3, -0.25) is 9.78 Å². The third kappa shape index (κ3) is 6.03. The highest BCUT2D eigenvalue weighted by Gasteiger charge is 2.15. The molecule has 0 atom stereocenters. The maximum atomic E-state index is 13.4. The fourth-order valence-electron chi connectivity index (χ4n) is 3.44. The molecule has 0 bridgehead atoms. The Labute approximate surface area is 221 Å². The summed E-state index contributed by atoms with van der Waals surface area (Å²) >= 11 is 1.52. The van der Waals surface area contributed by atoms with E-state index >= 15 is 0 Å². The lowest BCUT2D eigenvalue weighted by molar-refractivity contribution is 0.0946. The van der Waals surface area contributed by atoms with Gasteiger partial charge in [-0.25, -0.2) is 28.7 Å². The molecule has 0 saturated heterocycles. The Morgan fingerprint density at radius 3 is 2.58 bits per heavy atom. The van der Waals surface area contributed by atoms with E-state index in [1.54, 1.807) is 6.20 Å². The van der Waals surface area contributed by atoms with Crippen LogP contribution in [-0.2, 0) is 13.1 Å². The first-order valence-electron chi connectivity index (χ1n) is 11.7. The molecule has 1 aromatic carbocycles. The Hall–Kier alpha value is -4.58. The fraction of sp³-hybridized carbons (Fsp3) is 0.154. The Balaban J connectivity index is 0.00000164. The van der Waals surface area contributed by atoms with Crippen LogP contribution in [0.15, 0.2) is 61.3 Å². The van der Waals surface area contributed by atoms with E-state index in [-0.39, 0.29) is 12.2 Å². The number of fused-ring (bicyclic) bond motifs is 1. The third-order valence-corrected chi connectivity index (χ3v) is 6.35. The third-order valence-electron chi connectivity index (χ3n) is 5.25. The van der Waals surface area contributed by atoms with Gasteiger partial charge in [-0.05, 0) is 35.9 Å². The number of hydrogen-bond donors (Lipinski definition) is 3. The zero-order valence-corrected chi connectivity index (χ0v) is 21.4. The van der Waals surface area contributed by atoms with Gasteiger partial charge in [0.15, 0.2) is 23.1 Å². The van der Waals surface area contributed by atoms with Crippen molar-refractivity contribution >= 4 is 39.8 Å². The maximum Gasteiger partial charge on any atom is 0.273 e. The zero-order valence-electron chi connectivity index (χ0n) is 20.6. The monoisotopic (exact) mass is 534 g/mol. The van der Waals surface area contributed by atoms with Crippen LogP contribution in [0.25, 0.3) is 21.5 Å². The molecule has 1 amide bonds. The normalized spacial score (nSPS) is 10.5. The molecule has 4 N–H and O–H groups in total. The Morgan fingerprint density at radius 1 is 0.947 bits per heavy atom. The number of anilines is 2. The van der Waals surface area contributed by atoms with Crippen LogP contribution in [0.3, 0.4) is 0 Å². The highest BCUT2D eigenvalue weighted by atomic mass is 32.1. The summed E-state index contributed by atoms with van der Waals surface area (Å²) in [6.45, 7) is 4.40. The molecule has 4 aromatic heterocycles. The molecule has 0 radical (unpaired) electrons. The molecular weight excluding hydrogens is 510 g/mol. The molecule has 9 nitrogen and oxygen atoms in total. The molecule has 0 aliphatic carbocycles. The Morgan fingerprint density at radius 2 is 1.76 bits per heavy atom. The molecule has 0 fully saturated rings. The minimum absolute atomic E-state index is 0.00858. The number of nitrogens with zero attached hydrogens (tertiary/aromatic N) is 5. The number of amides is 1. The van der Waals surface area contributed by atoms with Crippen LogP contribution in [0.4, 0.5) is 20.4 Å². The summed E-state index contributed by atoms with van der Waals surface area (Å²) < 4.78 is 26.5. The lowest BCUT2D eigenvalue weighted by atomic mass is 10.2. The molecule has 12 heteroatoms. The average Bonchev–Trinajstić information content (AvgIpc) is 3.43. The van der Waals surface area contributed by atoms with Crippen molar-refractivity contribution in [3.05, 3.63) is 89.1 Å². The number of carbonyl (C=O) groups is 1. The molecule has 194 valence electrons. The number of hydrogen-bond acceptors (Lipinski definition) is 9. The summed E-state index contributed by atoms with van der Waals surface area (Å²) in [5.41, 5.74) is 7.89. The highest BCUT2D eigenvalue weighted by molar-refractivity contribution is 7.15. The number of pyridine rings is 1. The van der Waals surface area contributed by atoms with Crippen LogP contribution in [0.2, 0.25) is 0 Å². The topological polar surface area (TPSA) is 132 Å². The number of carbonyl (C=O) groups excluding carboxylic acids is 1. The van der Waals surface area contributed by atoms with Crippen LogP contribution in [0.5, 0.6) is 0 Å². The van der Waals surface area contributed by atoms with Gasteiger partial charge in [0.25, 0.3) is 5.91 Å². The number of nitrogen functional groups attached to an aromatic ring is 1. The molecule has 0 saturated carbocycles. The largest absolute Gasteiger partial charge is 0.383 e. The Kier molecular flexibility index (Phi) is 8.44. The number of aromatic nitrogens is 5. The van der Waals surface area contributed by atoms with Crippen LogP contribution >= 0.6 is 11.3 Å². The highest BCUT2D eigenvalue weighted by Crippen LogP contribution is 2.30. The Bertz CT molecular complexity index is 1580. The second-order valence-electron chi connectivity index (χ2n) is 7.65. The second-order valence-corrected chi connectivity index (χ2v) is 8.82. The average molecular weight is 535 g/mol. The van der Waals surface area contributed by atoms with Gasteiger partial charge < -0.3 is 16.4 Å². The molecule has 5 rings (SSSR count). The zero-order chi connectivity index (χ0) is 27.1. The van der Waals surface area contributed by atoms with Crippen molar-refractivity contribution < 1.29 is 13.6 Å². The summed E-state index contributed by atoms with van der Waals surface area (Å²) in [5, 5.41) is 6.51. The van der Waals surface area contributed by atoms with Gasteiger partial charge in [0.2, 0.25) is 0 Å². The molecule has 4 heterocycles. The number of nitrogens with one attached hydrogen (secondary N) is 2. The summed E-state index contributed by atoms with van der Waals surface area (Å²) in [5.74, 6) is -1.74. The minimum atomic E-state index is -0.977. The molecule has 0 aliphatic heterocycles. The number of thiophene rings is 1. The first-order chi connectivity index (χ1) is 18.5. The van der Waals surface area contributed by atoms with Crippen LogP contribution in [0, 0.1) is 11.6 Å². The second kappa shape index (κ2) is 12.1. The first kappa shape index (κ1) is 26.5. The molecule has 5 aromatic rings. The van der Waals surface area contributed by atoms with E-state index in [0.717, 1.165) is 33.0 Å². The predicted molar refractivity (Wildman–Crippen MR) is 143 cm³/mol. The van der Waals surface area contributed by atoms with Gasteiger partial charge in [0.1, 0.15) is 12.1 Å². The summed E-state index contributed by atoms with van der Waals surface area (Å²) in [6.07, 6.45) is 5.93. The number of benzene rings is 1. The fourth-order valence-corrected chi connectivity index (χ4v) is 4.36. The van der Waals surface area contributed by atoms with E-state index in [1.165, 1.54) is 36.1 Å². The van der Waals surface area contributed by atoms with Crippen molar-refractivity contribution in [3.8, 4) is 10.6 Å². The van der Waals surface area contributed by atoms with Crippen LogP contribution in [-0.4, -0.2) is 30.8 Å². The molecule has 0 unspecified atom stereocenters. The van der Waals surface area contributed by atoms with Crippen LogP contribution < -0.4 is 16.4 Å². The predicted octanol–water partition coefficient (Wildman–Crippen LogP) is 4.97. The van der Waals surface area contributed by atoms with Gasteiger partial charge in [-0.1, -0.05) is 19.9 Å². The molecule has 38 heavy (non-hydrogen) atoms. The molecule has 0 spiro atoms. The van der Waals surface area contributed by atoms with Crippen molar-refractivity contribution in [2.75, 3.05) is 11.1 Å². The molecular formula is C26H24F2N8OS. The summed E-state index contributed by atoms with van der Waals surface area (Å²) in [6, 6.07) is 9.19. The number of nitrogens with two attached hydrogens (primary N) is 1. The quantitative estimate of drug-likeness (QED) is 0.267. The summed E-state index contributed by atoms with van der Waals surface area (Å²) in [7, 11) is 0. The van der Waals surface area contributed by atoms with Crippen molar-refractivity contribution in [2.45, 2.75) is 26.9 Å². The first-order valence-corrected chi connectivity index (χ1v) is 12.5. The van der Waals surface area contributed by atoms with Crippen molar-refractivity contribution in [3.63, 3.8) is 0 Å². The van der Waals surface area contributed by atoms with E-state index in [0.29, 0.717) is 29.3 Å². The van der Waals surface area contributed by atoms with E-state index in [4.69, 9.17) is 5.73 Å². The van der Waals surface area contributed by atoms with Crippen molar-refractivity contribution in [2.24, 2.45) is 0 Å². The standard InChI is InChI=1S/C24H18F2N8OS.C2H6/c25-16-3-1-13(7-17(16)26)9-32-24(35)21-23(29-6-5-28-21)31-10-14-2-4-20(36-14)18-8-15-19(11-30-18)33-12-34-22(15)27;1-2/h1-8,11-12H,9-10H2,(H,29,31)(H,32,35)(H2,27,33,34);1-2H3. The van der Waals surface area contributed by atoms with Gasteiger partial charge in [0.05, 0.1) is 28.8 Å². The van der Waals surface area contributed by atoms with Gasteiger partial charge >= 0.3 is 0 Å². The molecule has 0 aliphatic rings. The van der Waals surface area contributed by atoms with Crippen molar-refractivity contribution in [1.82, 2.24) is 30.2 Å². The van der Waals surface area contributed by atoms with Gasteiger partial charge in [0, 0.05) is 29.2 Å². The lowest BCUT2D eigenvalue weighted by Crippen LogP contribution is -2.25. The van der Waals surface area contributed by atoms with E-state index in [9.17, 15) is 13.6 Å². The van der Waals surface area contributed by atoms with Crippen molar-refractivity contribution in [1.29, 1.82) is 0 Å². The van der Waals surface area contributed by atoms with E-state index < -0.39 is 17.5 Å². The maximum absolute atomic E-state index is 13.4. The SMILES string of the molecule is CC.Nc1ncnc2cnc(-c3ccc(CNc4nccnc4C(=O)NCc4ccc(F)c(F)c4)s3)cc12. The van der Waals surface area contributed by atoms with Gasteiger partial charge in [-0.15, -0.1) is 11.3 Å². The smallest absolute Gasteiger partial charge is 0.273 e. The van der Waals surface area contributed by atoms with E-state index in [2.05, 4.69) is 35.6 Å². The summed E-state index contributed by atoms with van der Waals surface area (Å²) in [4.78, 5) is 35.6. The van der Waals surface area contributed by atoms with Gasteiger partial charge in [-0.2, -0.15) is 0 Å². The number of halogens is 2. The van der Waals surface area contributed by atoms with E-state index in [1.807, 2.05) is 32.0 Å².